The molecule has 0 aliphatic rings. The minimum atomic E-state index is -0.497. The van der Waals surface area contributed by atoms with Crippen LogP contribution in [-0.4, -0.2) is 24.9 Å². The smallest absolute Gasteiger partial charge is 0.269 e. The van der Waals surface area contributed by atoms with Gasteiger partial charge in [0.15, 0.2) is 0 Å². The molecule has 27 heavy (non-hydrogen) atoms. The molecule has 2 heterocycles. The van der Waals surface area contributed by atoms with Gasteiger partial charge in [-0.2, -0.15) is 4.98 Å². The minimum absolute atomic E-state index is 0.0144. The normalized spacial score (nSPS) is 9.89. The molecular weight excluding hydrogens is 421 g/mol. The number of hydrogen-bond donors (Lipinski definition) is 2. The highest BCUT2D eigenvalue weighted by Crippen LogP contribution is 2.24. The molecule has 0 saturated carbocycles. The van der Waals surface area contributed by atoms with Crippen LogP contribution in [0.2, 0.25) is 15.5 Å². The van der Waals surface area contributed by atoms with E-state index in [1.165, 1.54) is 36.4 Å². The van der Waals surface area contributed by atoms with Gasteiger partial charge in [-0.1, -0.05) is 34.8 Å². The third-order valence-electron chi connectivity index (χ3n) is 2.64. The quantitative estimate of drug-likeness (QED) is 0.358. The highest BCUT2D eigenvalue weighted by atomic mass is 35.5. The second-order valence-electron chi connectivity index (χ2n) is 4.61. The van der Waals surface area contributed by atoms with Crippen molar-refractivity contribution >= 4 is 52.4 Å². The Morgan fingerprint density at radius 3 is 1.78 bits per heavy atom. The van der Waals surface area contributed by atoms with E-state index in [9.17, 15) is 10.1 Å². The van der Waals surface area contributed by atoms with Crippen LogP contribution in [0.4, 0.5) is 17.6 Å². The average molecular weight is 431 g/mol. The van der Waals surface area contributed by atoms with Gasteiger partial charge in [-0.3, -0.25) is 10.1 Å². The number of nitrogens with two attached hydrogens (primary N) is 2. The third kappa shape index (κ3) is 6.70. The molecule has 0 amide bonds. The van der Waals surface area contributed by atoms with Crippen LogP contribution in [-0.2, 0) is 0 Å². The van der Waals surface area contributed by atoms with Crippen LogP contribution in [0.3, 0.4) is 0 Å². The molecule has 10 nitrogen and oxygen atoms in total. The molecule has 3 aromatic rings. The summed E-state index contributed by atoms with van der Waals surface area (Å²) in [6, 6.07) is 8.34. The largest absolute Gasteiger partial charge is 0.439 e. The first-order valence-corrected chi connectivity index (χ1v) is 8.04. The zero-order valence-corrected chi connectivity index (χ0v) is 15.5. The monoisotopic (exact) mass is 429 g/mol. The molecule has 0 unspecified atom stereocenters. The first-order valence-electron chi connectivity index (χ1n) is 6.91. The fraction of sp³-hybridized carbons (Fsp3) is 0. The standard InChI is InChI=1S/C10H7ClN4O3.C4H3Cl2N3/c11-8-5-9(14-10(12)13-8)18-7-3-1-6(2-4-7)15(16)17;5-2-1-3(6)9-4(7)8-2/h1-5H,(H2,12,13,14);1H,(H2,7,8,9). The lowest BCUT2D eigenvalue weighted by atomic mass is 10.3. The number of benzene rings is 1. The molecule has 3 rings (SSSR count). The van der Waals surface area contributed by atoms with Crippen LogP contribution in [0.25, 0.3) is 0 Å². The van der Waals surface area contributed by atoms with Crippen molar-refractivity contribution in [3.05, 3.63) is 62.0 Å². The molecule has 0 aliphatic carbocycles. The van der Waals surface area contributed by atoms with Crippen molar-refractivity contribution in [3.8, 4) is 11.6 Å². The van der Waals surface area contributed by atoms with E-state index >= 15 is 0 Å². The van der Waals surface area contributed by atoms with E-state index in [1.807, 2.05) is 0 Å². The molecule has 13 heteroatoms. The van der Waals surface area contributed by atoms with Gasteiger partial charge < -0.3 is 16.2 Å². The zero-order valence-electron chi connectivity index (χ0n) is 13.2. The zero-order chi connectivity index (χ0) is 20.0. The maximum atomic E-state index is 10.5. The van der Waals surface area contributed by atoms with Crippen molar-refractivity contribution in [1.29, 1.82) is 0 Å². The Morgan fingerprint density at radius 2 is 1.33 bits per heavy atom. The fourth-order valence-electron chi connectivity index (χ4n) is 1.63. The number of nitrogens with zero attached hydrogens (tertiary/aromatic N) is 5. The summed E-state index contributed by atoms with van der Waals surface area (Å²) in [5, 5.41) is 11.1. The first-order chi connectivity index (χ1) is 12.7. The molecule has 0 bridgehead atoms. The van der Waals surface area contributed by atoms with Gasteiger partial charge in [0, 0.05) is 24.3 Å². The highest BCUT2D eigenvalue weighted by Gasteiger charge is 2.07. The van der Waals surface area contributed by atoms with Gasteiger partial charge in [-0.25, -0.2) is 15.0 Å². The number of nitrogen functional groups attached to an aromatic ring is 2. The number of aromatic nitrogens is 4. The summed E-state index contributed by atoms with van der Waals surface area (Å²) in [4.78, 5) is 24.6. The van der Waals surface area contributed by atoms with E-state index in [1.54, 1.807) is 0 Å². The predicted octanol–water partition coefficient (Wildman–Crippen LogP) is 3.78. The summed E-state index contributed by atoms with van der Waals surface area (Å²) in [6.07, 6.45) is 0. The number of halogens is 3. The Hall–Kier alpha value is -2.95. The molecule has 2 aromatic heterocycles. The van der Waals surface area contributed by atoms with E-state index in [0.717, 1.165) is 0 Å². The second kappa shape index (κ2) is 9.12. The number of nitro benzene ring substituents is 1. The number of rotatable bonds is 3. The lowest BCUT2D eigenvalue weighted by Gasteiger charge is -2.04. The van der Waals surface area contributed by atoms with Gasteiger partial charge in [-0.05, 0) is 12.1 Å². The molecule has 4 N–H and O–H groups in total. The third-order valence-corrected chi connectivity index (χ3v) is 3.22. The van der Waals surface area contributed by atoms with Crippen molar-refractivity contribution < 1.29 is 9.66 Å². The summed E-state index contributed by atoms with van der Waals surface area (Å²) in [6.45, 7) is 0. The van der Waals surface area contributed by atoms with Gasteiger partial charge in [-0.15, -0.1) is 0 Å². The van der Waals surface area contributed by atoms with Crippen LogP contribution >= 0.6 is 34.8 Å². The van der Waals surface area contributed by atoms with Gasteiger partial charge >= 0.3 is 0 Å². The van der Waals surface area contributed by atoms with E-state index < -0.39 is 4.92 Å². The van der Waals surface area contributed by atoms with Crippen molar-refractivity contribution in [2.24, 2.45) is 0 Å². The van der Waals surface area contributed by atoms with Gasteiger partial charge in [0.2, 0.25) is 17.8 Å². The summed E-state index contributed by atoms with van der Waals surface area (Å²) >= 11 is 16.6. The Balaban J connectivity index is 0.000000244. The molecule has 0 radical (unpaired) electrons. The van der Waals surface area contributed by atoms with Crippen molar-refractivity contribution in [1.82, 2.24) is 19.9 Å². The van der Waals surface area contributed by atoms with Gasteiger partial charge in [0.05, 0.1) is 4.92 Å². The van der Waals surface area contributed by atoms with Crippen LogP contribution in [0.15, 0.2) is 36.4 Å². The molecule has 0 fully saturated rings. The number of nitro groups is 1. The summed E-state index contributed by atoms with van der Waals surface area (Å²) in [7, 11) is 0. The Bertz CT molecular complexity index is 886. The Labute approximate surface area is 167 Å². The topological polar surface area (TPSA) is 156 Å². The second-order valence-corrected chi connectivity index (χ2v) is 5.77. The van der Waals surface area contributed by atoms with Crippen LogP contribution in [0, 0.1) is 10.1 Å². The number of anilines is 2. The van der Waals surface area contributed by atoms with Crippen molar-refractivity contribution in [2.75, 3.05) is 11.5 Å². The summed E-state index contributed by atoms with van der Waals surface area (Å²) in [5.41, 5.74) is 10.5. The lowest BCUT2D eigenvalue weighted by molar-refractivity contribution is -0.384. The molecule has 0 atom stereocenters. The molecule has 1 aromatic carbocycles. The van der Waals surface area contributed by atoms with Crippen LogP contribution < -0.4 is 16.2 Å². The van der Waals surface area contributed by atoms with E-state index in [-0.39, 0.29) is 38.9 Å². The van der Waals surface area contributed by atoms with E-state index in [2.05, 4.69) is 19.9 Å². The van der Waals surface area contributed by atoms with Gasteiger partial charge in [0.1, 0.15) is 21.2 Å². The Kier molecular flexibility index (Phi) is 6.88. The van der Waals surface area contributed by atoms with Crippen molar-refractivity contribution in [2.45, 2.75) is 0 Å². The SMILES string of the molecule is Nc1nc(Cl)cc(Cl)n1.Nc1nc(Cl)cc(Oc2ccc([N+](=O)[O-])cc2)n1. The first kappa shape index (κ1) is 20.4. The fourth-order valence-corrected chi connectivity index (χ4v) is 2.25. The highest BCUT2D eigenvalue weighted by molar-refractivity contribution is 6.33. The maximum Gasteiger partial charge on any atom is 0.269 e. The summed E-state index contributed by atoms with van der Waals surface area (Å²) < 4.78 is 5.34. The molecule has 140 valence electrons. The molecule has 0 spiro atoms. The van der Waals surface area contributed by atoms with Crippen LogP contribution in [0.5, 0.6) is 11.6 Å². The molecule has 0 aliphatic heterocycles. The molecule has 0 saturated heterocycles. The molecular formula is C14H10Cl3N7O3. The number of hydrogen-bond acceptors (Lipinski definition) is 9. The van der Waals surface area contributed by atoms with Crippen LogP contribution in [0.1, 0.15) is 0 Å². The number of non-ortho nitro benzene ring substituents is 1. The predicted molar refractivity (Wildman–Crippen MR) is 101 cm³/mol. The lowest BCUT2D eigenvalue weighted by Crippen LogP contribution is -1.97. The Morgan fingerprint density at radius 1 is 0.852 bits per heavy atom. The average Bonchev–Trinajstić information content (AvgIpc) is 2.53. The summed E-state index contributed by atoms with van der Waals surface area (Å²) in [5.74, 6) is 0.628. The van der Waals surface area contributed by atoms with Gasteiger partial charge in [0.25, 0.3) is 5.69 Å². The minimum Gasteiger partial charge on any atom is -0.439 e. The van der Waals surface area contributed by atoms with E-state index in [0.29, 0.717) is 5.75 Å². The van der Waals surface area contributed by atoms with E-state index in [4.69, 9.17) is 51.0 Å². The maximum absolute atomic E-state index is 10.5. The number of ether oxygens (including phenoxy) is 1. The van der Waals surface area contributed by atoms with Crippen molar-refractivity contribution in [3.63, 3.8) is 0 Å².